The fourth-order valence-electron chi connectivity index (χ4n) is 1.66. The zero-order valence-corrected chi connectivity index (χ0v) is 14.1. The Morgan fingerprint density at radius 1 is 1.18 bits per heavy atom. The van der Waals surface area contributed by atoms with Crippen LogP contribution in [0, 0.1) is 23.4 Å². The van der Waals surface area contributed by atoms with Gasteiger partial charge in [0.1, 0.15) is 4.90 Å². The Morgan fingerprint density at radius 3 is 2.23 bits per heavy atom. The van der Waals surface area contributed by atoms with Crippen molar-refractivity contribution in [1.82, 2.24) is 4.31 Å². The van der Waals surface area contributed by atoms with Crippen molar-refractivity contribution in [3.05, 3.63) is 29.6 Å². The first-order chi connectivity index (χ1) is 9.59. The predicted molar refractivity (Wildman–Crippen MR) is 80.8 cm³/mol. The van der Waals surface area contributed by atoms with Gasteiger partial charge >= 0.3 is 0 Å². The third kappa shape index (κ3) is 4.58. The second-order valence-corrected chi connectivity index (χ2v) is 7.21. The highest BCUT2D eigenvalue weighted by Crippen LogP contribution is 2.22. The van der Waals surface area contributed by atoms with Gasteiger partial charge < -0.3 is 5.73 Å². The van der Waals surface area contributed by atoms with E-state index in [-0.39, 0.29) is 30.9 Å². The van der Waals surface area contributed by atoms with Crippen molar-refractivity contribution in [2.45, 2.75) is 31.2 Å². The lowest BCUT2D eigenvalue weighted by molar-refractivity contribution is 0.391. The van der Waals surface area contributed by atoms with Crippen LogP contribution in [-0.4, -0.2) is 32.4 Å². The monoisotopic (exact) mass is 360 g/mol. The van der Waals surface area contributed by atoms with E-state index in [0.29, 0.717) is 18.6 Å². The van der Waals surface area contributed by atoms with Gasteiger partial charge in [0.2, 0.25) is 10.0 Å². The molecule has 0 aliphatic heterocycles. The summed E-state index contributed by atoms with van der Waals surface area (Å²) >= 11 is 0. The third-order valence-corrected chi connectivity index (χ3v) is 5.20. The summed E-state index contributed by atoms with van der Waals surface area (Å²) in [5.41, 5.74) is 5.82. The molecule has 0 heterocycles. The molecule has 0 spiro atoms. The maximum Gasteiger partial charge on any atom is 0.245 e. The quantitative estimate of drug-likeness (QED) is 0.793. The van der Waals surface area contributed by atoms with Gasteiger partial charge in [-0.05, 0) is 24.5 Å². The summed E-state index contributed by atoms with van der Waals surface area (Å²) < 4.78 is 64.8. The van der Waals surface area contributed by atoms with Crippen molar-refractivity contribution in [3.63, 3.8) is 0 Å². The molecular formula is C13H20ClF3N2O2S. The van der Waals surface area contributed by atoms with Crippen LogP contribution >= 0.6 is 12.4 Å². The molecule has 9 heteroatoms. The Kier molecular flexibility index (Phi) is 7.84. The fourth-order valence-corrected chi connectivity index (χ4v) is 2.90. The van der Waals surface area contributed by atoms with E-state index >= 15 is 0 Å². The normalized spacial score (nSPS) is 13.3. The minimum Gasteiger partial charge on any atom is -0.327 e. The van der Waals surface area contributed by atoms with Crippen LogP contribution in [0.15, 0.2) is 17.0 Å². The minimum absolute atomic E-state index is 0. The average Bonchev–Trinajstić information content (AvgIpc) is 2.41. The van der Waals surface area contributed by atoms with Crippen LogP contribution in [0.4, 0.5) is 13.2 Å². The smallest absolute Gasteiger partial charge is 0.245 e. The van der Waals surface area contributed by atoms with E-state index in [0.717, 1.165) is 4.31 Å². The lowest BCUT2D eigenvalue weighted by Gasteiger charge is -2.21. The molecule has 0 amide bonds. The highest BCUT2D eigenvalue weighted by atomic mass is 35.5. The van der Waals surface area contributed by atoms with Gasteiger partial charge in [0.25, 0.3) is 0 Å². The first-order valence-electron chi connectivity index (χ1n) is 6.44. The number of hydrogen-bond donors (Lipinski definition) is 1. The first-order valence-corrected chi connectivity index (χ1v) is 7.88. The number of hydrogen-bond acceptors (Lipinski definition) is 3. The Morgan fingerprint density at radius 2 is 1.73 bits per heavy atom. The zero-order valence-electron chi connectivity index (χ0n) is 12.5. The lowest BCUT2D eigenvalue weighted by Crippen LogP contribution is -2.35. The standard InChI is InChI=1S/C13H19F3N2O2S.ClH/c1-8(2)10(17)6-7-18(3)21(19,20)11-5-4-9(14)12(15)13(11)16;/h4-5,8,10H,6-7,17H2,1-3H3;1H. The van der Waals surface area contributed by atoms with Crippen LogP contribution in [0.3, 0.4) is 0 Å². The number of benzene rings is 1. The van der Waals surface area contributed by atoms with Gasteiger partial charge in [-0.1, -0.05) is 13.8 Å². The van der Waals surface area contributed by atoms with Crippen molar-refractivity contribution in [2.24, 2.45) is 11.7 Å². The molecule has 0 fully saturated rings. The summed E-state index contributed by atoms with van der Waals surface area (Å²) in [6, 6.07) is 1.08. The molecular weight excluding hydrogens is 341 g/mol. The highest BCUT2D eigenvalue weighted by molar-refractivity contribution is 7.89. The zero-order chi connectivity index (χ0) is 16.4. The van der Waals surface area contributed by atoms with E-state index in [1.807, 2.05) is 13.8 Å². The van der Waals surface area contributed by atoms with Crippen LogP contribution < -0.4 is 5.73 Å². The van der Waals surface area contributed by atoms with Crippen LogP contribution in [-0.2, 0) is 10.0 Å². The highest BCUT2D eigenvalue weighted by Gasteiger charge is 2.28. The van der Waals surface area contributed by atoms with Gasteiger partial charge in [-0.15, -0.1) is 12.4 Å². The summed E-state index contributed by atoms with van der Waals surface area (Å²) in [6.07, 6.45) is 0.374. The maximum absolute atomic E-state index is 13.6. The molecule has 1 aromatic rings. The molecule has 1 unspecified atom stereocenters. The van der Waals surface area contributed by atoms with Crippen molar-refractivity contribution >= 4 is 22.4 Å². The lowest BCUT2D eigenvalue weighted by atomic mass is 10.0. The summed E-state index contributed by atoms with van der Waals surface area (Å²) in [6.45, 7) is 3.85. The number of halogens is 4. The van der Waals surface area contributed by atoms with Crippen LogP contribution in [0.1, 0.15) is 20.3 Å². The Balaban J connectivity index is 0.00000441. The second-order valence-electron chi connectivity index (χ2n) is 5.20. The van der Waals surface area contributed by atoms with Gasteiger partial charge in [-0.25, -0.2) is 25.9 Å². The molecule has 0 aromatic heterocycles. The molecule has 2 N–H and O–H groups in total. The van der Waals surface area contributed by atoms with E-state index in [2.05, 4.69) is 0 Å². The van der Waals surface area contributed by atoms with E-state index in [1.54, 1.807) is 0 Å². The van der Waals surface area contributed by atoms with Gasteiger partial charge in [0, 0.05) is 19.6 Å². The number of nitrogens with two attached hydrogens (primary N) is 1. The molecule has 1 atom stereocenters. The maximum atomic E-state index is 13.6. The molecule has 1 rings (SSSR count). The molecule has 0 aliphatic rings. The van der Waals surface area contributed by atoms with Crippen molar-refractivity contribution in [1.29, 1.82) is 0 Å². The Labute approximate surface area is 134 Å². The molecule has 0 bridgehead atoms. The first kappa shape index (κ1) is 21.2. The summed E-state index contributed by atoms with van der Waals surface area (Å²) in [7, 11) is -3.00. The molecule has 0 radical (unpaired) electrons. The summed E-state index contributed by atoms with van der Waals surface area (Å²) in [5, 5.41) is 0. The topological polar surface area (TPSA) is 63.4 Å². The van der Waals surface area contributed by atoms with Gasteiger partial charge in [-0.3, -0.25) is 0 Å². The largest absolute Gasteiger partial charge is 0.327 e. The Hall–Kier alpha value is -0.830. The second kappa shape index (κ2) is 8.14. The molecule has 22 heavy (non-hydrogen) atoms. The Bertz CT molecular complexity index is 612. The van der Waals surface area contributed by atoms with Crippen molar-refractivity contribution in [2.75, 3.05) is 13.6 Å². The molecule has 4 nitrogen and oxygen atoms in total. The van der Waals surface area contributed by atoms with Crippen molar-refractivity contribution in [3.8, 4) is 0 Å². The van der Waals surface area contributed by atoms with E-state index in [9.17, 15) is 21.6 Å². The molecule has 128 valence electrons. The van der Waals surface area contributed by atoms with Crippen molar-refractivity contribution < 1.29 is 21.6 Å². The number of nitrogens with zero attached hydrogens (tertiary/aromatic N) is 1. The van der Waals surface area contributed by atoms with Crippen LogP contribution in [0.5, 0.6) is 0 Å². The minimum atomic E-state index is -4.23. The molecule has 0 saturated carbocycles. The number of rotatable bonds is 6. The SMILES string of the molecule is CC(C)C(N)CCN(C)S(=O)(=O)c1ccc(F)c(F)c1F.Cl. The van der Waals surface area contributed by atoms with Gasteiger partial charge in [-0.2, -0.15) is 0 Å². The number of sulfonamides is 1. The predicted octanol–water partition coefficient (Wildman–Crippen LogP) is 2.52. The third-order valence-electron chi connectivity index (χ3n) is 3.32. The van der Waals surface area contributed by atoms with Gasteiger partial charge in [0.05, 0.1) is 0 Å². The van der Waals surface area contributed by atoms with Gasteiger partial charge in [0.15, 0.2) is 17.5 Å². The van der Waals surface area contributed by atoms with E-state index in [1.165, 1.54) is 7.05 Å². The van der Waals surface area contributed by atoms with Crippen LogP contribution in [0.2, 0.25) is 0 Å². The van der Waals surface area contributed by atoms with Crippen LogP contribution in [0.25, 0.3) is 0 Å². The van der Waals surface area contributed by atoms with E-state index < -0.39 is 32.4 Å². The fraction of sp³-hybridized carbons (Fsp3) is 0.538. The molecule has 0 saturated heterocycles. The molecule has 0 aliphatic carbocycles. The van der Waals surface area contributed by atoms with E-state index in [4.69, 9.17) is 5.73 Å². The molecule has 1 aromatic carbocycles. The summed E-state index contributed by atoms with van der Waals surface area (Å²) in [4.78, 5) is -0.887. The summed E-state index contributed by atoms with van der Waals surface area (Å²) in [5.74, 6) is -4.78. The average molecular weight is 361 g/mol.